The molecule has 0 saturated carbocycles. The Labute approximate surface area is 193 Å². The van der Waals surface area contributed by atoms with E-state index in [0.717, 1.165) is 31.2 Å². The predicted molar refractivity (Wildman–Crippen MR) is 126 cm³/mol. The number of hydrogen-bond acceptors (Lipinski definition) is 4. The highest BCUT2D eigenvalue weighted by Crippen LogP contribution is 2.38. The summed E-state index contributed by atoms with van der Waals surface area (Å²) >= 11 is 2.25. The molecule has 0 amide bonds. The van der Waals surface area contributed by atoms with Crippen LogP contribution in [0.15, 0.2) is 77.8 Å². The second kappa shape index (κ2) is 7.69. The van der Waals surface area contributed by atoms with Crippen LogP contribution >= 0.6 is 22.6 Å². The summed E-state index contributed by atoms with van der Waals surface area (Å²) in [5.41, 5.74) is 2.62. The topological polar surface area (TPSA) is 68.5 Å². The highest BCUT2D eigenvalue weighted by atomic mass is 127. The van der Waals surface area contributed by atoms with Gasteiger partial charge in [-0.3, -0.25) is 0 Å². The molecular weight excluding hydrogens is 527 g/mol. The van der Waals surface area contributed by atoms with Crippen molar-refractivity contribution in [1.82, 2.24) is 0 Å². The van der Waals surface area contributed by atoms with Crippen molar-refractivity contribution in [2.24, 2.45) is 0 Å². The molecule has 5 rings (SSSR count). The van der Waals surface area contributed by atoms with Gasteiger partial charge in [-0.05, 0) is 65.9 Å². The second-order valence-electron chi connectivity index (χ2n) is 7.23. The normalized spacial score (nSPS) is 12.8. The van der Waals surface area contributed by atoms with Crippen LogP contribution in [0.25, 0.3) is 22.0 Å². The second-order valence-corrected chi connectivity index (χ2v) is 9.97. The monoisotopic (exact) mass is 545 g/mol. The Balaban J connectivity index is 1.72. The Morgan fingerprint density at radius 2 is 1.65 bits per heavy atom. The van der Waals surface area contributed by atoms with E-state index in [1.165, 1.54) is 0 Å². The lowest BCUT2D eigenvalue weighted by Crippen LogP contribution is -2.50. The van der Waals surface area contributed by atoms with Crippen LogP contribution in [0, 0.1) is 10.5 Å². The number of halogens is 1. The molecule has 1 aliphatic heterocycles. The SMILES string of the molecule is Cc1ccc(S(=O)(=O)N[n+]2cc3cc4c(cc3c(I)c2-c2ccccc2)OCO4)cc1. The third-order valence-electron chi connectivity index (χ3n) is 5.10. The van der Waals surface area contributed by atoms with Gasteiger partial charge in [-0.25, -0.2) is 0 Å². The number of fused-ring (bicyclic) bond motifs is 2. The molecule has 1 N–H and O–H groups in total. The summed E-state index contributed by atoms with van der Waals surface area (Å²) in [4.78, 5) is 2.93. The average Bonchev–Trinajstić information content (AvgIpc) is 3.21. The maximum Gasteiger partial charge on any atom is 0.306 e. The molecule has 1 aromatic heterocycles. The summed E-state index contributed by atoms with van der Waals surface area (Å²) in [5, 5.41) is 1.79. The maximum absolute atomic E-state index is 13.2. The zero-order valence-corrected chi connectivity index (χ0v) is 19.5. The van der Waals surface area contributed by atoms with Gasteiger partial charge in [0.1, 0.15) is 0 Å². The van der Waals surface area contributed by atoms with Gasteiger partial charge < -0.3 is 9.47 Å². The first-order valence-corrected chi connectivity index (χ1v) is 12.1. The van der Waals surface area contributed by atoms with E-state index >= 15 is 0 Å². The Morgan fingerprint density at radius 3 is 2.35 bits per heavy atom. The van der Waals surface area contributed by atoms with Crippen molar-refractivity contribution < 1.29 is 22.6 Å². The van der Waals surface area contributed by atoms with Crippen LogP contribution < -0.4 is 19.0 Å². The minimum Gasteiger partial charge on any atom is -0.454 e. The van der Waals surface area contributed by atoms with Crippen molar-refractivity contribution in [3.8, 4) is 22.8 Å². The molecule has 0 atom stereocenters. The third kappa shape index (κ3) is 3.70. The fourth-order valence-corrected chi connectivity index (χ4v) is 5.57. The van der Waals surface area contributed by atoms with E-state index in [1.54, 1.807) is 35.1 Å². The van der Waals surface area contributed by atoms with E-state index in [2.05, 4.69) is 27.4 Å². The standard InChI is InChI=1S/C23H18IN2O4S/c1-15-7-9-18(10-8-15)31(27,28)25-26-13-17-11-20-21(30-14-29-20)12-19(17)22(24)23(26)16-5-3-2-4-6-16/h2-13,25H,14H2,1H3/q+1. The van der Waals surface area contributed by atoms with Gasteiger partial charge in [-0.2, -0.15) is 8.42 Å². The first-order chi connectivity index (χ1) is 14.9. The van der Waals surface area contributed by atoms with Gasteiger partial charge in [0.25, 0.3) is 5.69 Å². The quantitative estimate of drug-likeness (QED) is 0.306. The Bertz CT molecular complexity index is 1410. The number of ether oxygens (including phenoxy) is 2. The molecule has 0 fully saturated rings. The molecular formula is C23H18IN2O4S+. The number of rotatable bonds is 4. The molecule has 0 spiro atoms. The summed E-state index contributed by atoms with van der Waals surface area (Å²) < 4.78 is 39.8. The van der Waals surface area contributed by atoms with Gasteiger partial charge in [0, 0.05) is 5.39 Å². The van der Waals surface area contributed by atoms with Crippen molar-refractivity contribution in [1.29, 1.82) is 0 Å². The lowest BCUT2D eigenvalue weighted by Gasteiger charge is -2.11. The first-order valence-electron chi connectivity index (χ1n) is 9.55. The highest BCUT2D eigenvalue weighted by Gasteiger charge is 2.28. The molecule has 31 heavy (non-hydrogen) atoms. The number of nitrogens with zero attached hydrogens (tertiary/aromatic N) is 1. The van der Waals surface area contributed by atoms with Crippen molar-refractivity contribution in [2.45, 2.75) is 11.8 Å². The third-order valence-corrected chi connectivity index (χ3v) is 7.52. The molecule has 0 radical (unpaired) electrons. The molecule has 156 valence electrons. The van der Waals surface area contributed by atoms with Crippen molar-refractivity contribution in [2.75, 3.05) is 11.6 Å². The maximum atomic E-state index is 13.2. The smallest absolute Gasteiger partial charge is 0.306 e. The van der Waals surface area contributed by atoms with Crippen LogP contribution in [-0.4, -0.2) is 15.2 Å². The fourth-order valence-electron chi connectivity index (χ4n) is 3.52. The van der Waals surface area contributed by atoms with E-state index in [1.807, 2.05) is 49.4 Å². The van der Waals surface area contributed by atoms with Gasteiger partial charge in [-0.1, -0.05) is 45.4 Å². The van der Waals surface area contributed by atoms with Crippen LogP contribution in [0.4, 0.5) is 0 Å². The zero-order chi connectivity index (χ0) is 21.6. The molecule has 4 aromatic rings. The fraction of sp³-hybridized carbons (Fsp3) is 0.0870. The van der Waals surface area contributed by atoms with Gasteiger partial charge in [0.2, 0.25) is 13.0 Å². The number of aryl methyl sites for hydroxylation is 1. The number of benzene rings is 3. The van der Waals surface area contributed by atoms with Crippen LogP contribution in [0.3, 0.4) is 0 Å². The summed E-state index contributed by atoms with van der Waals surface area (Å²) in [6.45, 7) is 2.09. The molecule has 0 saturated heterocycles. The van der Waals surface area contributed by atoms with E-state index in [-0.39, 0.29) is 11.7 Å². The van der Waals surface area contributed by atoms with Crippen molar-refractivity contribution in [3.63, 3.8) is 0 Å². The van der Waals surface area contributed by atoms with E-state index in [4.69, 9.17) is 9.47 Å². The largest absolute Gasteiger partial charge is 0.454 e. The molecule has 6 nitrogen and oxygen atoms in total. The van der Waals surface area contributed by atoms with Crippen LogP contribution in [0.2, 0.25) is 0 Å². The molecule has 0 unspecified atom stereocenters. The molecule has 0 aliphatic carbocycles. The summed E-state index contributed by atoms with van der Waals surface area (Å²) in [6, 6.07) is 20.2. The zero-order valence-electron chi connectivity index (χ0n) is 16.5. The Kier molecular flexibility index (Phi) is 4.98. The van der Waals surface area contributed by atoms with Crippen molar-refractivity contribution in [3.05, 3.63) is 82.1 Å². The molecule has 8 heteroatoms. The summed E-state index contributed by atoms with van der Waals surface area (Å²) in [5.74, 6) is 1.33. The van der Waals surface area contributed by atoms with Crippen LogP contribution in [0.5, 0.6) is 11.5 Å². The van der Waals surface area contributed by atoms with Gasteiger partial charge in [0.05, 0.1) is 19.4 Å². The first kappa shape index (κ1) is 20.1. The molecule has 1 aliphatic rings. The van der Waals surface area contributed by atoms with Crippen LogP contribution in [0.1, 0.15) is 5.56 Å². The Morgan fingerprint density at radius 1 is 0.968 bits per heavy atom. The summed E-state index contributed by atoms with van der Waals surface area (Å²) in [7, 11) is -3.80. The molecule has 2 heterocycles. The lowest BCUT2D eigenvalue weighted by atomic mass is 10.1. The number of sulfonamides is 1. The van der Waals surface area contributed by atoms with Crippen molar-refractivity contribution >= 4 is 43.4 Å². The number of nitrogens with one attached hydrogen (secondary N) is 1. The van der Waals surface area contributed by atoms with E-state index in [0.29, 0.717) is 11.5 Å². The van der Waals surface area contributed by atoms with Gasteiger partial charge in [-0.15, -0.1) is 0 Å². The van der Waals surface area contributed by atoms with Gasteiger partial charge >= 0.3 is 10.0 Å². The minimum atomic E-state index is -3.80. The predicted octanol–water partition coefficient (Wildman–Crippen LogP) is 4.37. The van der Waals surface area contributed by atoms with E-state index < -0.39 is 10.0 Å². The molecule has 0 bridgehead atoms. The van der Waals surface area contributed by atoms with Gasteiger partial charge in [0.15, 0.2) is 11.5 Å². The summed E-state index contributed by atoms with van der Waals surface area (Å²) in [6.07, 6.45) is 1.77. The average molecular weight is 545 g/mol. The number of aromatic nitrogens is 1. The number of pyridine rings is 1. The van der Waals surface area contributed by atoms with Crippen LogP contribution in [-0.2, 0) is 10.0 Å². The number of hydrogen-bond donors (Lipinski definition) is 1. The Hall–Kier alpha value is -2.85. The molecule has 3 aromatic carbocycles. The lowest BCUT2D eigenvalue weighted by molar-refractivity contribution is -0.624. The minimum absolute atomic E-state index is 0.174. The highest BCUT2D eigenvalue weighted by molar-refractivity contribution is 14.1. The van der Waals surface area contributed by atoms with E-state index in [9.17, 15) is 8.42 Å².